The van der Waals surface area contributed by atoms with Gasteiger partial charge in [-0.15, -0.1) is 5.92 Å². The molecule has 0 spiro atoms. The maximum atomic E-state index is 3.32. The van der Waals surface area contributed by atoms with E-state index in [0.717, 1.165) is 35.8 Å². The first-order valence-electron chi connectivity index (χ1n) is 11.9. The molecule has 0 aromatic heterocycles. The lowest BCUT2D eigenvalue weighted by atomic mass is 9.77. The zero-order chi connectivity index (χ0) is 21.0. The molecule has 0 heteroatoms. The van der Waals surface area contributed by atoms with Crippen LogP contribution in [0.2, 0.25) is 0 Å². The summed E-state index contributed by atoms with van der Waals surface area (Å²) in [4.78, 5) is 0. The van der Waals surface area contributed by atoms with E-state index in [9.17, 15) is 0 Å². The van der Waals surface area contributed by atoms with Gasteiger partial charge in [-0.25, -0.2) is 0 Å². The molecule has 0 heterocycles. The van der Waals surface area contributed by atoms with Gasteiger partial charge in [0.25, 0.3) is 0 Å². The van der Waals surface area contributed by atoms with Crippen LogP contribution in [0.25, 0.3) is 0 Å². The predicted molar refractivity (Wildman–Crippen MR) is 129 cm³/mol. The van der Waals surface area contributed by atoms with Crippen LogP contribution in [-0.2, 0) is 6.42 Å². The fourth-order valence-electron chi connectivity index (χ4n) is 4.40. The lowest BCUT2D eigenvalue weighted by molar-refractivity contribution is 0.308. The first-order valence-corrected chi connectivity index (χ1v) is 11.9. The summed E-state index contributed by atoms with van der Waals surface area (Å²) in [5, 5.41) is 0. The van der Waals surface area contributed by atoms with Crippen molar-refractivity contribution in [3.63, 3.8) is 0 Å². The monoisotopic (exact) mass is 396 g/mol. The van der Waals surface area contributed by atoms with Crippen molar-refractivity contribution in [3.05, 3.63) is 70.8 Å². The van der Waals surface area contributed by atoms with E-state index in [2.05, 4.69) is 86.1 Å². The minimum Gasteiger partial charge on any atom is -0.103 e. The largest absolute Gasteiger partial charge is 0.103 e. The molecule has 1 fully saturated rings. The molecule has 0 atom stereocenters. The summed E-state index contributed by atoms with van der Waals surface area (Å²) in [6.07, 6.45) is 12.5. The molecule has 0 aliphatic heterocycles. The van der Waals surface area contributed by atoms with E-state index in [-0.39, 0.29) is 0 Å². The molecule has 0 nitrogen and oxygen atoms in total. The zero-order valence-electron chi connectivity index (χ0n) is 18.8. The SMILES string of the molecule is CCCCC#CCc1ccc(C#Cc2ccc(C3CCC(CCC)CC3)cc2)cc1. The molecule has 2 aromatic rings. The number of hydrogen-bond donors (Lipinski definition) is 0. The van der Waals surface area contributed by atoms with Gasteiger partial charge in [0.15, 0.2) is 0 Å². The predicted octanol–water partition coefficient (Wildman–Crippen LogP) is 7.90. The highest BCUT2D eigenvalue weighted by Crippen LogP contribution is 2.37. The van der Waals surface area contributed by atoms with Gasteiger partial charge in [0, 0.05) is 24.0 Å². The fourth-order valence-corrected chi connectivity index (χ4v) is 4.40. The van der Waals surface area contributed by atoms with Crippen molar-refractivity contribution in [1.29, 1.82) is 0 Å². The van der Waals surface area contributed by atoms with Crippen molar-refractivity contribution >= 4 is 0 Å². The molecule has 1 aliphatic carbocycles. The van der Waals surface area contributed by atoms with Gasteiger partial charge in [0.05, 0.1) is 0 Å². The maximum absolute atomic E-state index is 3.32. The maximum Gasteiger partial charge on any atom is 0.0340 e. The van der Waals surface area contributed by atoms with E-state index >= 15 is 0 Å². The molecule has 156 valence electrons. The Morgan fingerprint density at radius 3 is 1.97 bits per heavy atom. The first kappa shape index (κ1) is 22.2. The second-order valence-corrected chi connectivity index (χ2v) is 8.71. The van der Waals surface area contributed by atoms with Gasteiger partial charge in [-0.3, -0.25) is 0 Å². The van der Waals surface area contributed by atoms with Crippen LogP contribution in [0.4, 0.5) is 0 Å². The average Bonchev–Trinajstić information content (AvgIpc) is 2.79. The zero-order valence-corrected chi connectivity index (χ0v) is 18.8. The Kier molecular flexibility index (Phi) is 9.12. The third kappa shape index (κ3) is 7.11. The van der Waals surface area contributed by atoms with E-state index in [4.69, 9.17) is 0 Å². The topological polar surface area (TPSA) is 0 Å². The Morgan fingerprint density at radius 1 is 0.733 bits per heavy atom. The molecule has 0 amide bonds. The van der Waals surface area contributed by atoms with E-state index in [0.29, 0.717) is 0 Å². The van der Waals surface area contributed by atoms with Crippen LogP contribution < -0.4 is 0 Å². The molecule has 1 saturated carbocycles. The minimum atomic E-state index is 0.748. The second-order valence-electron chi connectivity index (χ2n) is 8.71. The molecule has 0 bridgehead atoms. The Morgan fingerprint density at radius 2 is 1.37 bits per heavy atom. The Hall–Kier alpha value is -2.44. The molecule has 3 rings (SSSR count). The average molecular weight is 397 g/mol. The van der Waals surface area contributed by atoms with Crippen LogP contribution in [0.3, 0.4) is 0 Å². The second kappa shape index (κ2) is 12.3. The first-order chi connectivity index (χ1) is 14.8. The van der Waals surface area contributed by atoms with Crippen molar-refractivity contribution in [2.45, 2.75) is 84.0 Å². The van der Waals surface area contributed by atoms with E-state index in [1.807, 2.05) is 0 Å². The fraction of sp³-hybridized carbons (Fsp3) is 0.467. The van der Waals surface area contributed by atoms with Crippen LogP contribution >= 0.6 is 0 Å². The summed E-state index contributed by atoms with van der Waals surface area (Å²) in [5.74, 6) is 14.9. The van der Waals surface area contributed by atoms with Gasteiger partial charge in [0.2, 0.25) is 0 Å². The van der Waals surface area contributed by atoms with Gasteiger partial charge in [-0.05, 0) is 79.3 Å². The van der Waals surface area contributed by atoms with Crippen LogP contribution in [-0.4, -0.2) is 0 Å². The number of rotatable bonds is 6. The van der Waals surface area contributed by atoms with Gasteiger partial charge < -0.3 is 0 Å². The quantitative estimate of drug-likeness (QED) is 0.344. The van der Waals surface area contributed by atoms with Crippen molar-refractivity contribution in [2.24, 2.45) is 5.92 Å². The Labute approximate surface area is 184 Å². The molecule has 2 aromatic carbocycles. The molecular weight excluding hydrogens is 360 g/mol. The van der Waals surface area contributed by atoms with Crippen molar-refractivity contribution in [1.82, 2.24) is 0 Å². The van der Waals surface area contributed by atoms with Crippen LogP contribution in [0.15, 0.2) is 48.5 Å². The number of unbranched alkanes of at least 4 members (excludes halogenated alkanes) is 2. The van der Waals surface area contributed by atoms with Gasteiger partial charge in [-0.1, -0.05) is 75.1 Å². The van der Waals surface area contributed by atoms with Crippen molar-refractivity contribution in [2.75, 3.05) is 0 Å². The Balaban J connectivity index is 1.52. The highest BCUT2D eigenvalue weighted by molar-refractivity contribution is 5.44. The van der Waals surface area contributed by atoms with Gasteiger partial charge in [-0.2, -0.15) is 0 Å². The smallest absolute Gasteiger partial charge is 0.0340 e. The third-order valence-corrected chi connectivity index (χ3v) is 6.30. The molecule has 0 N–H and O–H groups in total. The molecule has 1 aliphatic rings. The normalized spacial score (nSPS) is 18.1. The van der Waals surface area contributed by atoms with Gasteiger partial charge >= 0.3 is 0 Å². The highest BCUT2D eigenvalue weighted by Gasteiger charge is 2.21. The van der Waals surface area contributed by atoms with Crippen LogP contribution in [0.1, 0.15) is 99.8 Å². The molecule has 30 heavy (non-hydrogen) atoms. The summed E-state index contributed by atoms with van der Waals surface area (Å²) in [7, 11) is 0. The summed E-state index contributed by atoms with van der Waals surface area (Å²) < 4.78 is 0. The lowest BCUT2D eigenvalue weighted by Gasteiger charge is -2.28. The number of hydrogen-bond acceptors (Lipinski definition) is 0. The number of benzene rings is 2. The molecule has 0 radical (unpaired) electrons. The summed E-state index contributed by atoms with van der Waals surface area (Å²) in [6.45, 7) is 4.51. The summed E-state index contributed by atoms with van der Waals surface area (Å²) in [6, 6.07) is 17.5. The highest BCUT2D eigenvalue weighted by atomic mass is 14.3. The third-order valence-electron chi connectivity index (χ3n) is 6.30. The van der Waals surface area contributed by atoms with E-state index in [1.165, 1.54) is 62.5 Å². The van der Waals surface area contributed by atoms with E-state index < -0.39 is 0 Å². The van der Waals surface area contributed by atoms with Crippen LogP contribution in [0, 0.1) is 29.6 Å². The molecular formula is C30H36. The van der Waals surface area contributed by atoms with Crippen molar-refractivity contribution < 1.29 is 0 Å². The van der Waals surface area contributed by atoms with E-state index in [1.54, 1.807) is 0 Å². The minimum absolute atomic E-state index is 0.748. The molecule has 0 unspecified atom stereocenters. The lowest BCUT2D eigenvalue weighted by Crippen LogP contribution is -2.13. The van der Waals surface area contributed by atoms with Gasteiger partial charge in [0.1, 0.15) is 0 Å². The van der Waals surface area contributed by atoms with Crippen LogP contribution in [0.5, 0.6) is 0 Å². The Bertz CT molecular complexity index is 870. The van der Waals surface area contributed by atoms with Crippen molar-refractivity contribution in [3.8, 4) is 23.7 Å². The molecule has 0 saturated heterocycles. The summed E-state index contributed by atoms with van der Waals surface area (Å²) >= 11 is 0. The standard InChI is InChI=1S/C30H36/c1-3-5-6-7-8-10-26-11-13-27(14-12-26)15-16-28-19-23-30(24-20-28)29-21-17-25(9-4-2)18-22-29/h11-14,19-20,23-25,29H,3-6,9-10,17-18,21-22H2,1-2H3. The summed E-state index contributed by atoms with van der Waals surface area (Å²) in [5.41, 5.74) is 4.93.